The summed E-state index contributed by atoms with van der Waals surface area (Å²) in [5, 5.41) is 3.36. The van der Waals surface area contributed by atoms with E-state index in [1.165, 1.54) is 11.8 Å². The second kappa shape index (κ2) is 6.79. The van der Waals surface area contributed by atoms with Crippen LogP contribution in [0, 0.1) is 12.7 Å². The summed E-state index contributed by atoms with van der Waals surface area (Å²) in [6.45, 7) is 6.31. The molecule has 4 heteroatoms. The topological polar surface area (TPSA) is 24.5 Å². The summed E-state index contributed by atoms with van der Waals surface area (Å²) in [7, 11) is 0. The molecule has 0 spiro atoms. The first kappa shape index (κ1) is 14.9. The molecule has 0 unspecified atom stereocenters. The van der Waals surface area contributed by atoms with E-state index in [-0.39, 0.29) is 12.4 Å². The average molecular weight is 300 g/mol. The molecule has 116 valence electrons. The Hall–Kier alpha value is -2.07. The number of ether oxygens (including phenoxy) is 1. The van der Waals surface area contributed by atoms with Crippen LogP contribution in [-0.4, -0.2) is 26.2 Å². The SMILES string of the molecule is Cc1c(OCc2ccccc2F)cccc1N1CCNCC1. The lowest BCUT2D eigenvalue weighted by Gasteiger charge is -2.31. The fourth-order valence-electron chi connectivity index (χ4n) is 2.78. The Kier molecular flexibility index (Phi) is 4.59. The van der Waals surface area contributed by atoms with Gasteiger partial charge < -0.3 is 15.0 Å². The van der Waals surface area contributed by atoms with Gasteiger partial charge in [0, 0.05) is 43.0 Å². The van der Waals surface area contributed by atoms with Crippen LogP contribution in [0.4, 0.5) is 10.1 Å². The average Bonchev–Trinajstić information content (AvgIpc) is 2.56. The van der Waals surface area contributed by atoms with Crippen LogP contribution >= 0.6 is 0 Å². The van der Waals surface area contributed by atoms with Gasteiger partial charge in [-0.3, -0.25) is 0 Å². The predicted octanol–water partition coefficient (Wildman–Crippen LogP) is 3.12. The number of halogens is 1. The molecule has 1 aliphatic rings. The van der Waals surface area contributed by atoms with E-state index in [4.69, 9.17) is 4.74 Å². The van der Waals surface area contributed by atoms with Gasteiger partial charge in [-0.05, 0) is 25.1 Å². The molecule has 0 aromatic heterocycles. The van der Waals surface area contributed by atoms with Crippen LogP contribution in [0.15, 0.2) is 42.5 Å². The van der Waals surface area contributed by atoms with E-state index in [1.54, 1.807) is 12.1 Å². The fourth-order valence-corrected chi connectivity index (χ4v) is 2.78. The van der Waals surface area contributed by atoms with E-state index in [2.05, 4.69) is 23.2 Å². The molecule has 0 amide bonds. The Labute approximate surface area is 130 Å². The van der Waals surface area contributed by atoms with Gasteiger partial charge in [0.05, 0.1) is 0 Å². The van der Waals surface area contributed by atoms with Gasteiger partial charge in [-0.15, -0.1) is 0 Å². The highest BCUT2D eigenvalue weighted by atomic mass is 19.1. The number of nitrogens with zero attached hydrogens (tertiary/aromatic N) is 1. The summed E-state index contributed by atoms with van der Waals surface area (Å²) in [6, 6.07) is 12.8. The largest absolute Gasteiger partial charge is 0.488 e. The van der Waals surface area contributed by atoms with E-state index in [0.29, 0.717) is 5.56 Å². The van der Waals surface area contributed by atoms with Crippen molar-refractivity contribution < 1.29 is 9.13 Å². The summed E-state index contributed by atoms with van der Waals surface area (Å²) in [5.74, 6) is 0.595. The van der Waals surface area contributed by atoms with E-state index < -0.39 is 0 Å². The number of hydrogen-bond acceptors (Lipinski definition) is 3. The normalized spacial score (nSPS) is 14.9. The van der Waals surface area contributed by atoms with E-state index in [0.717, 1.165) is 37.5 Å². The monoisotopic (exact) mass is 300 g/mol. The third kappa shape index (κ3) is 3.22. The number of rotatable bonds is 4. The van der Waals surface area contributed by atoms with Crippen molar-refractivity contribution in [3.05, 3.63) is 59.4 Å². The summed E-state index contributed by atoms with van der Waals surface area (Å²) in [4.78, 5) is 2.36. The van der Waals surface area contributed by atoms with Crippen molar-refractivity contribution in [1.29, 1.82) is 0 Å². The molecule has 0 aliphatic carbocycles. The Morgan fingerprint density at radius 1 is 1.09 bits per heavy atom. The van der Waals surface area contributed by atoms with E-state index in [1.807, 2.05) is 18.2 Å². The predicted molar refractivity (Wildman–Crippen MR) is 87.0 cm³/mol. The minimum atomic E-state index is -0.224. The van der Waals surface area contributed by atoms with E-state index >= 15 is 0 Å². The molecule has 0 saturated carbocycles. The maximum Gasteiger partial charge on any atom is 0.129 e. The minimum absolute atomic E-state index is 0.224. The number of benzene rings is 2. The summed E-state index contributed by atoms with van der Waals surface area (Å²) < 4.78 is 19.5. The molecule has 1 saturated heterocycles. The first-order chi connectivity index (χ1) is 10.8. The lowest BCUT2D eigenvalue weighted by atomic mass is 10.1. The minimum Gasteiger partial charge on any atom is -0.488 e. The van der Waals surface area contributed by atoms with Gasteiger partial charge in [-0.2, -0.15) is 0 Å². The molecule has 3 nitrogen and oxygen atoms in total. The molecule has 0 atom stereocenters. The fraction of sp³-hybridized carbons (Fsp3) is 0.333. The van der Waals surface area contributed by atoms with Gasteiger partial charge >= 0.3 is 0 Å². The molecule has 0 bridgehead atoms. The van der Waals surface area contributed by atoms with Crippen molar-refractivity contribution >= 4 is 5.69 Å². The van der Waals surface area contributed by atoms with Crippen molar-refractivity contribution in [3.63, 3.8) is 0 Å². The van der Waals surface area contributed by atoms with Gasteiger partial charge in [-0.25, -0.2) is 4.39 Å². The number of piperazine rings is 1. The lowest BCUT2D eigenvalue weighted by Crippen LogP contribution is -2.43. The highest BCUT2D eigenvalue weighted by Crippen LogP contribution is 2.29. The molecule has 2 aromatic rings. The zero-order valence-corrected chi connectivity index (χ0v) is 12.8. The molecular formula is C18H21FN2O. The van der Waals surface area contributed by atoms with Gasteiger partial charge in [-0.1, -0.05) is 24.3 Å². The molecule has 22 heavy (non-hydrogen) atoms. The van der Waals surface area contributed by atoms with Crippen molar-refractivity contribution in [2.45, 2.75) is 13.5 Å². The van der Waals surface area contributed by atoms with Crippen molar-refractivity contribution in [2.24, 2.45) is 0 Å². The number of hydrogen-bond donors (Lipinski definition) is 1. The van der Waals surface area contributed by atoms with Crippen molar-refractivity contribution in [1.82, 2.24) is 5.32 Å². The Bertz CT molecular complexity index is 639. The van der Waals surface area contributed by atoms with Crippen LogP contribution in [0.25, 0.3) is 0 Å². The quantitative estimate of drug-likeness (QED) is 0.939. The zero-order valence-electron chi connectivity index (χ0n) is 12.8. The van der Waals surface area contributed by atoms with Crippen LogP contribution in [0.1, 0.15) is 11.1 Å². The lowest BCUT2D eigenvalue weighted by molar-refractivity contribution is 0.298. The maximum absolute atomic E-state index is 13.7. The molecular weight excluding hydrogens is 279 g/mol. The summed E-state index contributed by atoms with van der Waals surface area (Å²) in [6.07, 6.45) is 0. The number of nitrogens with one attached hydrogen (secondary N) is 1. The zero-order chi connectivity index (χ0) is 15.4. The first-order valence-corrected chi connectivity index (χ1v) is 7.67. The molecule has 2 aromatic carbocycles. The Morgan fingerprint density at radius 3 is 2.64 bits per heavy atom. The van der Waals surface area contributed by atoms with Crippen molar-refractivity contribution in [2.75, 3.05) is 31.1 Å². The van der Waals surface area contributed by atoms with Gasteiger partial charge in [0.15, 0.2) is 0 Å². The van der Waals surface area contributed by atoms with Gasteiger partial charge in [0.2, 0.25) is 0 Å². The van der Waals surface area contributed by atoms with Crippen LogP contribution in [0.2, 0.25) is 0 Å². The highest BCUT2D eigenvalue weighted by molar-refractivity contribution is 5.59. The summed E-state index contributed by atoms with van der Waals surface area (Å²) >= 11 is 0. The van der Waals surface area contributed by atoms with Gasteiger partial charge in [0.25, 0.3) is 0 Å². The third-order valence-corrected chi connectivity index (χ3v) is 4.05. The molecule has 0 radical (unpaired) electrons. The Morgan fingerprint density at radius 2 is 1.86 bits per heavy atom. The highest BCUT2D eigenvalue weighted by Gasteiger charge is 2.15. The molecule has 1 heterocycles. The number of anilines is 1. The molecule has 3 rings (SSSR count). The standard InChI is InChI=1S/C18H21FN2O/c1-14-17(21-11-9-20-10-12-21)7-4-8-18(14)22-13-15-5-2-3-6-16(15)19/h2-8,20H,9-13H2,1H3. The maximum atomic E-state index is 13.7. The van der Waals surface area contributed by atoms with Crippen LogP contribution in [0.3, 0.4) is 0 Å². The second-order valence-electron chi connectivity index (χ2n) is 5.52. The Balaban J connectivity index is 1.75. The van der Waals surface area contributed by atoms with Gasteiger partial charge in [0.1, 0.15) is 18.2 Å². The van der Waals surface area contributed by atoms with E-state index in [9.17, 15) is 4.39 Å². The first-order valence-electron chi connectivity index (χ1n) is 7.67. The summed E-state index contributed by atoms with van der Waals surface area (Å²) in [5.41, 5.74) is 2.89. The van der Waals surface area contributed by atoms with Crippen LogP contribution < -0.4 is 15.0 Å². The third-order valence-electron chi connectivity index (χ3n) is 4.05. The molecule has 1 fully saturated rings. The van der Waals surface area contributed by atoms with Crippen LogP contribution in [-0.2, 0) is 6.61 Å². The van der Waals surface area contributed by atoms with Crippen molar-refractivity contribution in [3.8, 4) is 5.75 Å². The molecule has 1 aliphatic heterocycles. The smallest absolute Gasteiger partial charge is 0.129 e. The second-order valence-corrected chi connectivity index (χ2v) is 5.52. The van der Waals surface area contributed by atoms with Crippen LogP contribution in [0.5, 0.6) is 5.75 Å². The molecule has 1 N–H and O–H groups in total.